The maximum atomic E-state index is 10.9. The van der Waals surface area contributed by atoms with Crippen molar-refractivity contribution in [1.82, 2.24) is 0 Å². The Morgan fingerprint density at radius 2 is 2.36 bits per heavy atom. The van der Waals surface area contributed by atoms with E-state index in [0.717, 1.165) is 5.56 Å². The van der Waals surface area contributed by atoms with Gasteiger partial charge in [0.15, 0.2) is 0 Å². The van der Waals surface area contributed by atoms with Crippen LogP contribution in [-0.4, -0.2) is 13.1 Å². The molecule has 1 rings (SSSR count). The monoisotopic (exact) mass is 171 g/mol. The van der Waals surface area contributed by atoms with Crippen LogP contribution in [0.3, 0.4) is 0 Å². The fraction of sp³-hybridized carbons (Fsp3) is 0.286. The van der Waals surface area contributed by atoms with Crippen LogP contribution < -0.4 is 5.73 Å². The number of anilines is 1. The van der Waals surface area contributed by atoms with E-state index in [2.05, 4.69) is 4.74 Å². The van der Waals surface area contributed by atoms with Gasteiger partial charge in [-0.1, -0.05) is 0 Å². The zero-order valence-corrected chi connectivity index (χ0v) is 7.20. The number of ether oxygens (including phenoxy) is 1. The predicted molar refractivity (Wildman–Crippen MR) is 44.8 cm³/mol. The molecule has 0 saturated heterocycles. The minimum atomic E-state index is -0.324. The molecule has 2 N–H and O–H groups in total. The standard InChI is InChI=1S/C7H9NO2S/c1-4-3-5(7(9)10-2)11-6(4)8/h3H,8H2,1-2H3. The van der Waals surface area contributed by atoms with Crippen molar-refractivity contribution in [2.24, 2.45) is 0 Å². The highest BCUT2D eigenvalue weighted by Gasteiger charge is 2.09. The van der Waals surface area contributed by atoms with Gasteiger partial charge in [-0.15, -0.1) is 11.3 Å². The van der Waals surface area contributed by atoms with Gasteiger partial charge in [0.25, 0.3) is 0 Å². The molecule has 0 bridgehead atoms. The van der Waals surface area contributed by atoms with Crippen LogP contribution in [0.5, 0.6) is 0 Å². The lowest BCUT2D eigenvalue weighted by molar-refractivity contribution is 0.0606. The Bertz CT molecular complexity index is 260. The first kappa shape index (κ1) is 8.07. The van der Waals surface area contributed by atoms with Crippen LogP contribution in [0.4, 0.5) is 5.00 Å². The minimum absolute atomic E-state index is 0.324. The number of methoxy groups -OCH3 is 1. The molecule has 1 aromatic rings. The van der Waals surface area contributed by atoms with Crippen molar-refractivity contribution in [3.8, 4) is 0 Å². The van der Waals surface area contributed by atoms with Gasteiger partial charge in [0.05, 0.1) is 12.1 Å². The summed E-state index contributed by atoms with van der Waals surface area (Å²) in [5, 5.41) is 0.672. The van der Waals surface area contributed by atoms with Crippen LogP contribution in [-0.2, 0) is 4.74 Å². The minimum Gasteiger partial charge on any atom is -0.465 e. The van der Waals surface area contributed by atoms with Crippen LogP contribution in [0, 0.1) is 6.92 Å². The molecule has 0 aliphatic rings. The van der Waals surface area contributed by atoms with E-state index in [4.69, 9.17) is 5.73 Å². The maximum Gasteiger partial charge on any atom is 0.348 e. The Morgan fingerprint density at radius 1 is 1.73 bits per heavy atom. The summed E-state index contributed by atoms with van der Waals surface area (Å²) in [5.74, 6) is -0.324. The first-order valence-electron chi connectivity index (χ1n) is 3.09. The van der Waals surface area contributed by atoms with Crippen molar-refractivity contribution in [3.05, 3.63) is 16.5 Å². The van der Waals surface area contributed by atoms with Crippen molar-refractivity contribution in [2.75, 3.05) is 12.8 Å². The zero-order chi connectivity index (χ0) is 8.43. The number of nitrogen functional groups attached to an aromatic ring is 1. The van der Waals surface area contributed by atoms with E-state index in [0.29, 0.717) is 9.88 Å². The zero-order valence-electron chi connectivity index (χ0n) is 6.38. The molecule has 1 aromatic heterocycles. The highest BCUT2D eigenvalue weighted by molar-refractivity contribution is 7.17. The average Bonchev–Trinajstić information content (AvgIpc) is 2.31. The van der Waals surface area contributed by atoms with E-state index in [1.807, 2.05) is 6.92 Å². The van der Waals surface area contributed by atoms with Crippen LogP contribution >= 0.6 is 11.3 Å². The Morgan fingerprint density at radius 3 is 2.73 bits per heavy atom. The molecular weight excluding hydrogens is 162 g/mol. The van der Waals surface area contributed by atoms with Crippen LogP contribution in [0.25, 0.3) is 0 Å². The lowest BCUT2D eigenvalue weighted by Gasteiger charge is -1.90. The molecule has 0 fully saturated rings. The number of nitrogens with two attached hydrogens (primary N) is 1. The summed E-state index contributed by atoms with van der Waals surface area (Å²) in [7, 11) is 1.35. The second kappa shape index (κ2) is 2.92. The van der Waals surface area contributed by atoms with Crippen LogP contribution in [0.15, 0.2) is 6.07 Å². The van der Waals surface area contributed by atoms with Crippen molar-refractivity contribution < 1.29 is 9.53 Å². The number of esters is 1. The summed E-state index contributed by atoms with van der Waals surface area (Å²) in [4.78, 5) is 11.5. The molecule has 3 nitrogen and oxygen atoms in total. The van der Waals surface area contributed by atoms with Crippen molar-refractivity contribution in [3.63, 3.8) is 0 Å². The van der Waals surface area contributed by atoms with Crippen molar-refractivity contribution in [1.29, 1.82) is 0 Å². The number of aryl methyl sites for hydroxylation is 1. The van der Waals surface area contributed by atoms with Gasteiger partial charge in [0, 0.05) is 0 Å². The lowest BCUT2D eigenvalue weighted by Crippen LogP contribution is -1.96. The molecule has 0 atom stereocenters. The van der Waals surface area contributed by atoms with Crippen molar-refractivity contribution >= 4 is 22.3 Å². The summed E-state index contributed by atoms with van der Waals surface area (Å²) in [6.45, 7) is 1.86. The molecule has 0 aliphatic carbocycles. The Labute approximate surface area is 68.8 Å². The number of rotatable bonds is 1. The molecule has 4 heteroatoms. The molecule has 11 heavy (non-hydrogen) atoms. The average molecular weight is 171 g/mol. The Kier molecular flexibility index (Phi) is 2.14. The Hall–Kier alpha value is -1.03. The van der Waals surface area contributed by atoms with Gasteiger partial charge in [-0.25, -0.2) is 4.79 Å². The summed E-state index contributed by atoms with van der Waals surface area (Å²) < 4.78 is 4.52. The van der Waals surface area contributed by atoms with E-state index in [1.165, 1.54) is 18.4 Å². The third-order valence-electron chi connectivity index (χ3n) is 1.34. The fourth-order valence-corrected chi connectivity index (χ4v) is 1.56. The highest BCUT2D eigenvalue weighted by atomic mass is 32.1. The molecule has 0 amide bonds. The van der Waals surface area contributed by atoms with E-state index < -0.39 is 0 Å². The van der Waals surface area contributed by atoms with Gasteiger partial charge in [0.1, 0.15) is 4.88 Å². The van der Waals surface area contributed by atoms with Gasteiger partial charge in [-0.3, -0.25) is 0 Å². The molecule has 0 saturated carbocycles. The fourth-order valence-electron chi connectivity index (χ4n) is 0.697. The third kappa shape index (κ3) is 1.51. The smallest absolute Gasteiger partial charge is 0.348 e. The van der Waals surface area contributed by atoms with Gasteiger partial charge in [-0.2, -0.15) is 0 Å². The van der Waals surface area contributed by atoms with E-state index in [1.54, 1.807) is 6.07 Å². The van der Waals surface area contributed by atoms with Crippen molar-refractivity contribution in [2.45, 2.75) is 6.92 Å². The first-order chi connectivity index (χ1) is 5.15. The first-order valence-corrected chi connectivity index (χ1v) is 3.91. The quantitative estimate of drug-likeness (QED) is 0.650. The highest BCUT2D eigenvalue weighted by Crippen LogP contribution is 2.24. The molecule has 0 spiro atoms. The summed E-state index contributed by atoms with van der Waals surface area (Å²) in [6, 6.07) is 1.73. The molecule has 0 aliphatic heterocycles. The molecule has 0 radical (unpaired) electrons. The van der Waals surface area contributed by atoms with Gasteiger partial charge in [0.2, 0.25) is 0 Å². The van der Waals surface area contributed by atoms with E-state index in [-0.39, 0.29) is 5.97 Å². The summed E-state index contributed by atoms with van der Waals surface area (Å²) in [5.41, 5.74) is 6.47. The number of carbonyl (C=O) groups excluding carboxylic acids is 1. The third-order valence-corrected chi connectivity index (χ3v) is 2.39. The lowest BCUT2D eigenvalue weighted by atomic mass is 10.3. The normalized spacial score (nSPS) is 9.64. The second-order valence-electron chi connectivity index (χ2n) is 2.15. The number of thiophene rings is 1. The summed E-state index contributed by atoms with van der Waals surface area (Å²) >= 11 is 1.25. The topological polar surface area (TPSA) is 52.3 Å². The number of hydrogen-bond donors (Lipinski definition) is 1. The van der Waals surface area contributed by atoms with Gasteiger partial charge >= 0.3 is 5.97 Å². The van der Waals surface area contributed by atoms with Gasteiger partial charge < -0.3 is 10.5 Å². The molecule has 60 valence electrons. The molecule has 0 aromatic carbocycles. The SMILES string of the molecule is COC(=O)c1cc(C)c(N)s1. The van der Waals surface area contributed by atoms with E-state index in [9.17, 15) is 4.79 Å². The predicted octanol–water partition coefficient (Wildman–Crippen LogP) is 1.43. The second-order valence-corrected chi connectivity index (χ2v) is 3.23. The summed E-state index contributed by atoms with van der Waals surface area (Å²) in [6.07, 6.45) is 0. The maximum absolute atomic E-state index is 10.9. The molecule has 1 heterocycles. The Balaban J connectivity index is 2.97. The molecule has 0 unspecified atom stereocenters. The number of carbonyl (C=O) groups is 1. The van der Waals surface area contributed by atoms with Gasteiger partial charge in [-0.05, 0) is 18.6 Å². The number of hydrogen-bond acceptors (Lipinski definition) is 4. The van der Waals surface area contributed by atoms with Crippen LogP contribution in [0.1, 0.15) is 15.2 Å². The van der Waals surface area contributed by atoms with Crippen LogP contribution in [0.2, 0.25) is 0 Å². The molecular formula is C7H9NO2S. The van der Waals surface area contributed by atoms with E-state index >= 15 is 0 Å². The largest absolute Gasteiger partial charge is 0.465 e.